The smallest absolute Gasteiger partial charge is 0.250 e. The molecule has 0 fully saturated rings. The predicted molar refractivity (Wildman–Crippen MR) is 77.1 cm³/mol. The van der Waals surface area contributed by atoms with Crippen LogP contribution in [0, 0.1) is 0 Å². The van der Waals surface area contributed by atoms with Crippen LogP contribution in [0.25, 0.3) is 0 Å². The molecule has 4 nitrogen and oxygen atoms in total. The third kappa shape index (κ3) is 2.85. The zero-order valence-corrected chi connectivity index (χ0v) is 11.6. The van der Waals surface area contributed by atoms with Crippen LogP contribution in [0.3, 0.4) is 0 Å². The molecule has 0 bridgehead atoms. The zero-order valence-electron chi connectivity index (χ0n) is 10.8. The highest BCUT2D eigenvalue weighted by Crippen LogP contribution is 2.24. The van der Waals surface area contributed by atoms with Crippen molar-refractivity contribution in [2.24, 2.45) is 4.99 Å². The number of hydrogen-bond donors (Lipinski definition) is 1. The Morgan fingerprint density at radius 1 is 1.39 bits per heavy atom. The van der Waals surface area contributed by atoms with E-state index in [0.717, 1.165) is 10.9 Å². The van der Waals surface area contributed by atoms with Crippen LogP contribution in [0.1, 0.15) is 12.5 Å². The van der Waals surface area contributed by atoms with E-state index in [9.17, 15) is 4.79 Å². The summed E-state index contributed by atoms with van der Waals surface area (Å²) >= 11 is 1.57. The Balaban J connectivity index is 2.03. The molecule has 1 unspecified atom stereocenters. The van der Waals surface area contributed by atoms with Crippen LogP contribution in [0.2, 0.25) is 0 Å². The van der Waals surface area contributed by atoms with Crippen molar-refractivity contribution in [1.29, 1.82) is 0 Å². The highest BCUT2D eigenvalue weighted by molar-refractivity contribution is 8.13. The normalized spacial score (nSPS) is 18.5. The van der Waals surface area contributed by atoms with E-state index in [4.69, 9.17) is 0 Å². The molecule has 0 radical (unpaired) electrons. The van der Waals surface area contributed by atoms with Gasteiger partial charge in [-0.05, 0) is 18.6 Å². The molecule has 1 atom stereocenters. The molecular weight excluding hydrogens is 246 g/mol. The summed E-state index contributed by atoms with van der Waals surface area (Å²) in [5.41, 5.74) is 2.44. The van der Waals surface area contributed by atoms with E-state index in [1.165, 1.54) is 11.3 Å². The van der Waals surface area contributed by atoms with Gasteiger partial charge in [0.25, 0.3) is 5.91 Å². The number of para-hydroxylation sites is 1. The molecular formula is C13H17N3OS. The molecule has 1 aromatic rings. The quantitative estimate of drug-likeness (QED) is 0.905. The molecule has 0 saturated heterocycles. The van der Waals surface area contributed by atoms with E-state index in [-0.39, 0.29) is 11.9 Å². The Hall–Kier alpha value is -1.49. The minimum atomic E-state index is -0.253. The van der Waals surface area contributed by atoms with Crippen molar-refractivity contribution < 1.29 is 4.79 Å². The number of anilines is 1. The van der Waals surface area contributed by atoms with Crippen LogP contribution in [-0.2, 0) is 10.5 Å². The number of carbonyl (C=O) groups is 1. The number of carbonyl (C=O) groups excluding carboxylic acids is 1. The number of benzene rings is 1. The lowest BCUT2D eigenvalue weighted by atomic mass is 10.2. The van der Waals surface area contributed by atoms with E-state index >= 15 is 0 Å². The fourth-order valence-corrected chi connectivity index (χ4v) is 2.71. The average Bonchev–Trinajstić information content (AvgIpc) is 2.66. The standard InChI is InChI=1S/C13H17N3OS/c1-9-12(17)15-13(14-9)18-8-10-6-4-5-7-11(10)16(2)3/h4-7,9H,8H2,1-3H3,(H,14,15,17). The summed E-state index contributed by atoms with van der Waals surface area (Å²) in [4.78, 5) is 17.7. The van der Waals surface area contributed by atoms with Crippen molar-refractivity contribution in [3.8, 4) is 0 Å². The fraction of sp³-hybridized carbons (Fsp3) is 0.385. The van der Waals surface area contributed by atoms with Gasteiger partial charge in [-0.3, -0.25) is 4.79 Å². The highest BCUT2D eigenvalue weighted by atomic mass is 32.2. The summed E-state index contributed by atoms with van der Waals surface area (Å²) in [7, 11) is 4.06. The Morgan fingerprint density at radius 3 is 2.72 bits per heavy atom. The first-order valence-electron chi connectivity index (χ1n) is 5.84. The molecule has 1 N–H and O–H groups in total. The second-order valence-corrected chi connectivity index (χ2v) is 5.38. The van der Waals surface area contributed by atoms with Gasteiger partial charge in [0.2, 0.25) is 0 Å². The van der Waals surface area contributed by atoms with Crippen LogP contribution in [0.5, 0.6) is 0 Å². The van der Waals surface area contributed by atoms with E-state index < -0.39 is 0 Å². The molecule has 96 valence electrons. The molecule has 0 spiro atoms. The zero-order chi connectivity index (χ0) is 13.1. The summed E-state index contributed by atoms with van der Waals surface area (Å²) in [6, 6.07) is 7.99. The number of aliphatic imine (C=N–C) groups is 1. The maximum atomic E-state index is 11.3. The third-order valence-corrected chi connectivity index (χ3v) is 3.69. The summed E-state index contributed by atoms with van der Waals surface area (Å²) in [6.45, 7) is 1.80. The van der Waals surface area contributed by atoms with Gasteiger partial charge in [-0.1, -0.05) is 30.0 Å². The lowest BCUT2D eigenvalue weighted by molar-refractivity contribution is -0.119. The van der Waals surface area contributed by atoms with Crippen LogP contribution >= 0.6 is 11.8 Å². The van der Waals surface area contributed by atoms with E-state index in [1.54, 1.807) is 18.7 Å². The molecule has 1 aromatic carbocycles. The number of nitrogens with zero attached hydrogens (tertiary/aromatic N) is 2. The van der Waals surface area contributed by atoms with Gasteiger partial charge in [-0.15, -0.1) is 0 Å². The third-order valence-electron chi connectivity index (χ3n) is 2.76. The molecule has 1 heterocycles. The van der Waals surface area contributed by atoms with Crippen molar-refractivity contribution in [3.63, 3.8) is 0 Å². The lowest BCUT2D eigenvalue weighted by Gasteiger charge is -2.16. The van der Waals surface area contributed by atoms with Gasteiger partial charge < -0.3 is 10.2 Å². The van der Waals surface area contributed by atoms with Gasteiger partial charge in [0.1, 0.15) is 6.04 Å². The second-order valence-electron chi connectivity index (χ2n) is 4.41. The molecule has 1 amide bonds. The van der Waals surface area contributed by atoms with E-state index in [2.05, 4.69) is 27.3 Å². The SMILES string of the molecule is CC1N=C(SCc2ccccc2N(C)C)NC1=O. The second kappa shape index (κ2) is 5.44. The maximum Gasteiger partial charge on any atom is 0.250 e. The Bertz CT molecular complexity index is 485. The van der Waals surface area contributed by atoms with Crippen molar-refractivity contribution in [2.45, 2.75) is 18.7 Å². The van der Waals surface area contributed by atoms with Gasteiger partial charge in [-0.2, -0.15) is 0 Å². The molecule has 2 rings (SSSR count). The summed E-state index contributed by atoms with van der Waals surface area (Å²) in [5, 5.41) is 3.51. The Morgan fingerprint density at radius 2 is 2.11 bits per heavy atom. The number of hydrogen-bond acceptors (Lipinski definition) is 4. The van der Waals surface area contributed by atoms with Gasteiger partial charge in [0.15, 0.2) is 5.17 Å². The molecule has 1 aliphatic rings. The Labute approximate surface area is 111 Å². The molecule has 0 aliphatic carbocycles. The minimum absolute atomic E-state index is 0.0154. The predicted octanol–water partition coefficient (Wildman–Crippen LogP) is 1.86. The van der Waals surface area contributed by atoms with Crippen LogP contribution in [0.4, 0.5) is 5.69 Å². The maximum absolute atomic E-state index is 11.3. The van der Waals surface area contributed by atoms with Crippen LogP contribution < -0.4 is 10.2 Å². The molecule has 5 heteroatoms. The van der Waals surface area contributed by atoms with Gasteiger partial charge in [-0.25, -0.2) is 4.99 Å². The summed E-state index contributed by atoms with van der Waals surface area (Å²) in [6.07, 6.45) is 0. The van der Waals surface area contributed by atoms with E-state index in [0.29, 0.717) is 0 Å². The van der Waals surface area contributed by atoms with Crippen LogP contribution in [-0.4, -0.2) is 31.2 Å². The van der Waals surface area contributed by atoms with Gasteiger partial charge in [0.05, 0.1) is 0 Å². The van der Waals surface area contributed by atoms with Crippen molar-refractivity contribution in [1.82, 2.24) is 5.32 Å². The van der Waals surface area contributed by atoms with Crippen molar-refractivity contribution in [3.05, 3.63) is 29.8 Å². The number of amides is 1. The first kappa shape index (κ1) is 13.0. The summed E-state index contributed by atoms with van der Waals surface area (Å²) in [5.74, 6) is 0.790. The van der Waals surface area contributed by atoms with Crippen molar-refractivity contribution >= 4 is 28.5 Å². The molecule has 18 heavy (non-hydrogen) atoms. The van der Waals surface area contributed by atoms with Crippen LogP contribution in [0.15, 0.2) is 29.3 Å². The first-order valence-corrected chi connectivity index (χ1v) is 6.83. The topological polar surface area (TPSA) is 44.7 Å². The average molecular weight is 263 g/mol. The highest BCUT2D eigenvalue weighted by Gasteiger charge is 2.21. The van der Waals surface area contributed by atoms with E-state index in [1.807, 2.05) is 26.2 Å². The molecule has 0 saturated carbocycles. The number of rotatable bonds is 3. The number of nitrogens with one attached hydrogen (secondary N) is 1. The van der Waals surface area contributed by atoms with Gasteiger partial charge >= 0.3 is 0 Å². The first-order chi connectivity index (χ1) is 8.58. The molecule has 1 aliphatic heterocycles. The fourth-order valence-electron chi connectivity index (χ4n) is 1.77. The number of amidine groups is 1. The lowest BCUT2D eigenvalue weighted by Crippen LogP contribution is -2.25. The van der Waals surface area contributed by atoms with Gasteiger partial charge in [0, 0.05) is 25.5 Å². The summed E-state index contributed by atoms with van der Waals surface area (Å²) < 4.78 is 0. The molecule has 0 aromatic heterocycles. The monoisotopic (exact) mass is 263 g/mol. The minimum Gasteiger partial charge on any atom is -0.377 e. The number of thioether (sulfide) groups is 1. The van der Waals surface area contributed by atoms with Crippen molar-refractivity contribution in [2.75, 3.05) is 19.0 Å². The largest absolute Gasteiger partial charge is 0.377 e. The Kier molecular flexibility index (Phi) is 3.91.